The van der Waals surface area contributed by atoms with Crippen LogP contribution in [0, 0.1) is 11.8 Å². The fraction of sp³-hybridized carbons (Fsp3) is 0.680. The molecular weight excluding hydrogens is 390 g/mol. The van der Waals surface area contributed by atoms with Crippen molar-refractivity contribution in [1.29, 1.82) is 0 Å². The van der Waals surface area contributed by atoms with Crippen LogP contribution < -0.4 is 4.90 Å². The first kappa shape index (κ1) is 20.4. The van der Waals surface area contributed by atoms with Crippen LogP contribution in [0.5, 0.6) is 0 Å². The van der Waals surface area contributed by atoms with Crippen LogP contribution in [0.15, 0.2) is 35.4 Å². The summed E-state index contributed by atoms with van der Waals surface area (Å²) in [7, 11) is 0. The summed E-state index contributed by atoms with van der Waals surface area (Å²) < 4.78 is 0. The number of fused-ring (bicyclic) bond motifs is 1. The molecule has 0 radical (unpaired) electrons. The number of likely N-dealkylation sites (tertiary alicyclic amines) is 1. The van der Waals surface area contributed by atoms with Crippen LogP contribution in [0.4, 0.5) is 5.82 Å². The number of hydrogen-bond donors (Lipinski definition) is 0. The van der Waals surface area contributed by atoms with Crippen molar-refractivity contribution in [1.82, 2.24) is 9.88 Å². The van der Waals surface area contributed by atoms with Gasteiger partial charge in [0.15, 0.2) is 0 Å². The van der Waals surface area contributed by atoms with E-state index in [9.17, 15) is 4.79 Å². The molecule has 4 heterocycles. The van der Waals surface area contributed by atoms with Crippen molar-refractivity contribution in [2.45, 2.75) is 75.5 Å². The highest BCUT2D eigenvalue weighted by atomic mass is 32.2. The number of anilines is 1. The molecule has 3 unspecified atom stereocenters. The Morgan fingerprint density at radius 2 is 1.77 bits per heavy atom. The van der Waals surface area contributed by atoms with Crippen molar-refractivity contribution in [3.63, 3.8) is 0 Å². The van der Waals surface area contributed by atoms with Gasteiger partial charge < -0.3 is 9.80 Å². The van der Waals surface area contributed by atoms with Crippen LogP contribution in [0.1, 0.15) is 64.2 Å². The standard InChI is InChI=1S/C25H35N3OS/c29-25(28-15-5-7-19-6-1-2-8-22(19)28)21-10-11-23(30-18-21)20-12-16-27(17-13-20)24-9-3-4-14-26-24/h3-4,9,14,18-20,22-23H,1-2,5-8,10-13,15-17H2. The van der Waals surface area contributed by atoms with Gasteiger partial charge in [-0.1, -0.05) is 18.9 Å². The average Bonchev–Trinajstić information content (AvgIpc) is 2.84. The van der Waals surface area contributed by atoms with Gasteiger partial charge >= 0.3 is 0 Å². The second-order valence-electron chi connectivity index (χ2n) is 9.62. The Morgan fingerprint density at radius 1 is 0.933 bits per heavy atom. The second kappa shape index (κ2) is 9.33. The lowest BCUT2D eigenvalue weighted by atomic mass is 9.78. The summed E-state index contributed by atoms with van der Waals surface area (Å²) in [6.07, 6.45) is 14.3. The third-order valence-corrected chi connectivity index (χ3v) is 9.29. The molecule has 0 N–H and O–H groups in total. The molecule has 3 fully saturated rings. The summed E-state index contributed by atoms with van der Waals surface area (Å²) in [5.74, 6) is 3.01. The van der Waals surface area contributed by atoms with Crippen LogP contribution in [0.2, 0.25) is 0 Å². The van der Waals surface area contributed by atoms with Crippen molar-refractivity contribution in [2.24, 2.45) is 11.8 Å². The van der Waals surface area contributed by atoms with Crippen LogP contribution in [0.25, 0.3) is 0 Å². The lowest BCUT2D eigenvalue weighted by Gasteiger charge is -2.45. The molecule has 1 aromatic heterocycles. The average molecular weight is 426 g/mol. The van der Waals surface area contributed by atoms with Crippen molar-refractivity contribution in [2.75, 3.05) is 24.5 Å². The molecule has 1 amide bonds. The molecule has 4 aliphatic rings. The Labute approximate surface area is 185 Å². The minimum Gasteiger partial charge on any atom is -0.357 e. The molecular formula is C25H35N3OS. The van der Waals surface area contributed by atoms with Crippen LogP contribution in [-0.2, 0) is 4.79 Å². The first-order chi connectivity index (χ1) is 14.8. The number of hydrogen-bond acceptors (Lipinski definition) is 4. The lowest BCUT2D eigenvalue weighted by molar-refractivity contribution is -0.133. The maximum atomic E-state index is 13.3. The Kier molecular flexibility index (Phi) is 6.35. The molecule has 3 atom stereocenters. The first-order valence-electron chi connectivity index (χ1n) is 12.1. The number of carbonyl (C=O) groups excluding carboxylic acids is 1. The minimum atomic E-state index is 0.363. The third kappa shape index (κ3) is 4.28. The Morgan fingerprint density at radius 3 is 2.53 bits per heavy atom. The van der Waals surface area contributed by atoms with Gasteiger partial charge in [-0.25, -0.2) is 4.98 Å². The van der Waals surface area contributed by atoms with Crippen molar-refractivity contribution in [3.8, 4) is 0 Å². The summed E-state index contributed by atoms with van der Waals surface area (Å²) in [5.41, 5.74) is 1.09. The summed E-state index contributed by atoms with van der Waals surface area (Å²) in [5, 5.41) is 2.92. The van der Waals surface area contributed by atoms with E-state index in [1.807, 2.05) is 24.0 Å². The van der Waals surface area contributed by atoms with Gasteiger partial charge in [0.25, 0.3) is 5.91 Å². The number of nitrogens with zero attached hydrogens (tertiary/aromatic N) is 3. The predicted molar refractivity (Wildman–Crippen MR) is 125 cm³/mol. The fourth-order valence-corrected chi connectivity index (χ4v) is 7.51. The van der Waals surface area contributed by atoms with E-state index in [2.05, 4.69) is 32.3 Å². The third-order valence-electron chi connectivity index (χ3n) is 7.90. The van der Waals surface area contributed by atoms with Crippen LogP contribution in [-0.4, -0.2) is 46.7 Å². The zero-order chi connectivity index (χ0) is 20.3. The van der Waals surface area contributed by atoms with E-state index < -0.39 is 0 Å². The lowest BCUT2D eigenvalue weighted by Crippen LogP contribution is -2.50. The summed E-state index contributed by atoms with van der Waals surface area (Å²) in [6.45, 7) is 3.19. The minimum absolute atomic E-state index is 0.363. The SMILES string of the molecule is O=C(C1=CSC(C2CCN(c3ccccn3)CC2)CC1)N1CCCC2CCCCC21. The van der Waals surface area contributed by atoms with Gasteiger partial charge in [0.05, 0.1) is 0 Å². The van der Waals surface area contributed by atoms with Gasteiger partial charge in [0, 0.05) is 42.7 Å². The smallest absolute Gasteiger partial charge is 0.250 e. The predicted octanol–water partition coefficient (Wildman–Crippen LogP) is 5.26. The molecule has 1 aromatic rings. The molecule has 0 spiro atoms. The summed E-state index contributed by atoms with van der Waals surface area (Å²) >= 11 is 1.95. The molecule has 2 saturated heterocycles. The van der Waals surface area contributed by atoms with Gasteiger partial charge in [-0.05, 0) is 80.7 Å². The highest BCUT2D eigenvalue weighted by molar-refractivity contribution is 8.02. The first-order valence-corrected chi connectivity index (χ1v) is 13.1. The van der Waals surface area contributed by atoms with Gasteiger partial charge in [-0.15, -0.1) is 11.8 Å². The molecule has 4 nitrogen and oxygen atoms in total. The second-order valence-corrected chi connectivity index (χ2v) is 10.7. The summed E-state index contributed by atoms with van der Waals surface area (Å²) in [6, 6.07) is 6.71. The van der Waals surface area contributed by atoms with E-state index in [-0.39, 0.29) is 0 Å². The molecule has 162 valence electrons. The molecule has 5 rings (SSSR count). The zero-order valence-corrected chi connectivity index (χ0v) is 18.9. The van der Waals surface area contributed by atoms with Gasteiger partial charge in [0.1, 0.15) is 5.82 Å². The molecule has 1 saturated carbocycles. The molecule has 30 heavy (non-hydrogen) atoms. The number of thioether (sulfide) groups is 1. The van der Waals surface area contributed by atoms with Gasteiger partial charge in [-0.3, -0.25) is 4.79 Å². The number of pyridine rings is 1. The zero-order valence-electron chi connectivity index (χ0n) is 18.0. The maximum Gasteiger partial charge on any atom is 0.250 e. The van der Waals surface area contributed by atoms with E-state index in [0.717, 1.165) is 49.3 Å². The van der Waals surface area contributed by atoms with Crippen LogP contribution >= 0.6 is 11.8 Å². The van der Waals surface area contributed by atoms with Crippen molar-refractivity contribution < 1.29 is 4.79 Å². The Bertz CT molecular complexity index is 757. The van der Waals surface area contributed by atoms with Crippen molar-refractivity contribution >= 4 is 23.5 Å². The highest BCUT2D eigenvalue weighted by Gasteiger charge is 2.37. The van der Waals surface area contributed by atoms with E-state index in [1.165, 1.54) is 57.8 Å². The van der Waals surface area contributed by atoms with E-state index >= 15 is 0 Å². The Hall–Kier alpha value is -1.49. The van der Waals surface area contributed by atoms with Crippen molar-refractivity contribution in [3.05, 3.63) is 35.4 Å². The highest BCUT2D eigenvalue weighted by Crippen LogP contribution is 2.40. The monoisotopic (exact) mass is 425 g/mol. The van der Waals surface area contributed by atoms with E-state index in [0.29, 0.717) is 17.2 Å². The van der Waals surface area contributed by atoms with Crippen LogP contribution in [0.3, 0.4) is 0 Å². The number of aromatic nitrogens is 1. The van der Waals surface area contributed by atoms with E-state index in [1.54, 1.807) is 0 Å². The topological polar surface area (TPSA) is 36.4 Å². The fourth-order valence-electron chi connectivity index (χ4n) is 6.20. The van der Waals surface area contributed by atoms with Gasteiger partial charge in [-0.2, -0.15) is 0 Å². The molecule has 0 bridgehead atoms. The molecule has 1 aliphatic carbocycles. The number of rotatable bonds is 3. The van der Waals surface area contributed by atoms with E-state index in [4.69, 9.17) is 0 Å². The molecule has 0 aromatic carbocycles. The molecule has 3 aliphatic heterocycles. The number of piperidine rings is 2. The normalized spacial score (nSPS) is 30.5. The summed E-state index contributed by atoms with van der Waals surface area (Å²) in [4.78, 5) is 22.5. The quantitative estimate of drug-likeness (QED) is 0.662. The molecule has 5 heteroatoms. The number of amides is 1. The maximum absolute atomic E-state index is 13.3. The Balaban J connectivity index is 1.16. The largest absolute Gasteiger partial charge is 0.357 e. The number of carbonyl (C=O) groups is 1. The van der Waals surface area contributed by atoms with Gasteiger partial charge in [0.2, 0.25) is 0 Å².